The highest BCUT2D eigenvalue weighted by atomic mass is 32.1. The van der Waals surface area contributed by atoms with Gasteiger partial charge in [-0.2, -0.15) is 0 Å². The van der Waals surface area contributed by atoms with Gasteiger partial charge < -0.3 is 15.7 Å². The highest BCUT2D eigenvalue weighted by Crippen LogP contribution is 2.49. The molecule has 32 heavy (non-hydrogen) atoms. The summed E-state index contributed by atoms with van der Waals surface area (Å²) in [6.07, 6.45) is 11.8. The summed E-state index contributed by atoms with van der Waals surface area (Å²) in [6, 6.07) is 3.72. The number of nitrogens with zero attached hydrogens (tertiary/aromatic N) is 1. The van der Waals surface area contributed by atoms with E-state index in [0.717, 1.165) is 41.7 Å². The summed E-state index contributed by atoms with van der Waals surface area (Å²) >= 11 is 1.46. The van der Waals surface area contributed by atoms with E-state index in [2.05, 4.69) is 15.6 Å². The lowest BCUT2D eigenvalue weighted by molar-refractivity contribution is -0.146. The van der Waals surface area contributed by atoms with Gasteiger partial charge in [0, 0.05) is 23.8 Å². The van der Waals surface area contributed by atoms with Gasteiger partial charge in [-0.25, -0.2) is 0 Å². The van der Waals surface area contributed by atoms with Crippen molar-refractivity contribution in [3.05, 3.63) is 58.2 Å². The lowest BCUT2D eigenvalue weighted by atomic mass is 9.82. The zero-order chi connectivity index (χ0) is 22.2. The number of hydrogen-bond donors (Lipinski definition) is 3. The van der Waals surface area contributed by atoms with E-state index in [1.165, 1.54) is 11.3 Å². The van der Waals surface area contributed by atoms with Crippen molar-refractivity contribution in [3.63, 3.8) is 0 Å². The van der Waals surface area contributed by atoms with Crippen LogP contribution in [0.3, 0.4) is 0 Å². The second kappa shape index (κ2) is 8.50. The first-order valence-electron chi connectivity index (χ1n) is 11.1. The van der Waals surface area contributed by atoms with Gasteiger partial charge in [0.25, 0.3) is 5.91 Å². The fourth-order valence-electron chi connectivity index (χ4n) is 5.38. The average molecular weight is 452 g/mol. The van der Waals surface area contributed by atoms with Crippen LogP contribution in [-0.2, 0) is 29.0 Å². The first kappa shape index (κ1) is 20.9. The molecule has 8 heteroatoms. The zero-order valence-electron chi connectivity index (χ0n) is 17.5. The van der Waals surface area contributed by atoms with Crippen molar-refractivity contribution in [1.82, 2.24) is 10.3 Å². The van der Waals surface area contributed by atoms with Gasteiger partial charge in [-0.1, -0.05) is 18.2 Å². The summed E-state index contributed by atoms with van der Waals surface area (Å²) in [5, 5.41) is 16.2. The van der Waals surface area contributed by atoms with Crippen molar-refractivity contribution >= 4 is 34.1 Å². The van der Waals surface area contributed by atoms with E-state index in [1.807, 2.05) is 24.3 Å². The minimum Gasteiger partial charge on any atom is -0.481 e. The predicted octanol–water partition coefficient (Wildman–Crippen LogP) is 3.41. The number of aliphatic carboxylic acids is 1. The highest BCUT2D eigenvalue weighted by molar-refractivity contribution is 7.17. The highest BCUT2D eigenvalue weighted by Gasteiger charge is 2.51. The number of thiophene rings is 1. The minimum atomic E-state index is -0.929. The van der Waals surface area contributed by atoms with Crippen LogP contribution in [0.2, 0.25) is 0 Å². The monoisotopic (exact) mass is 451 g/mol. The van der Waals surface area contributed by atoms with Crippen molar-refractivity contribution in [3.8, 4) is 0 Å². The van der Waals surface area contributed by atoms with E-state index in [-0.39, 0.29) is 23.7 Å². The lowest BCUT2D eigenvalue weighted by Crippen LogP contribution is -2.36. The molecule has 3 aliphatic carbocycles. The van der Waals surface area contributed by atoms with Gasteiger partial charge >= 0.3 is 5.97 Å². The van der Waals surface area contributed by atoms with E-state index in [1.54, 1.807) is 12.4 Å². The van der Waals surface area contributed by atoms with Crippen LogP contribution in [0.15, 0.2) is 36.7 Å². The van der Waals surface area contributed by atoms with Gasteiger partial charge in [0.05, 0.1) is 17.4 Å². The van der Waals surface area contributed by atoms with Crippen LogP contribution < -0.4 is 10.6 Å². The molecule has 0 saturated heterocycles. The Morgan fingerprint density at radius 3 is 2.66 bits per heavy atom. The molecule has 0 aromatic carbocycles. The topological polar surface area (TPSA) is 108 Å². The third kappa shape index (κ3) is 3.72. The number of carbonyl (C=O) groups is 3. The average Bonchev–Trinajstić information content (AvgIpc) is 3.50. The van der Waals surface area contributed by atoms with Gasteiger partial charge in [-0.3, -0.25) is 19.4 Å². The standard InChI is InChI=1S/C24H25N3O4S/c28-21(26-12-13-4-3-9-25-11-13)20-16-5-1-2-6-17(16)32-23(20)27-22(29)18-14-7-8-15(10-14)19(18)24(30)31/h3-4,7-9,11,14-15,18-19H,1-2,5-6,10,12H2,(H,26,28)(H,27,29)(H,30,31)/t14-,15-,18+,19+/m0/s1. The maximum absolute atomic E-state index is 13.2. The first-order valence-corrected chi connectivity index (χ1v) is 11.9. The summed E-state index contributed by atoms with van der Waals surface area (Å²) in [5.41, 5.74) is 2.45. The molecule has 166 valence electrons. The molecule has 0 unspecified atom stereocenters. The molecular formula is C24H25N3O4S. The molecule has 2 bridgehead atoms. The molecule has 3 N–H and O–H groups in total. The number of hydrogen-bond acceptors (Lipinski definition) is 5. The quantitative estimate of drug-likeness (QED) is 0.583. The van der Waals surface area contributed by atoms with Crippen molar-refractivity contribution < 1.29 is 19.5 Å². The first-order chi connectivity index (χ1) is 15.5. The number of pyridine rings is 1. The molecule has 0 radical (unpaired) electrons. The second-order valence-electron chi connectivity index (χ2n) is 8.79. The summed E-state index contributed by atoms with van der Waals surface area (Å²) in [4.78, 5) is 43.5. The number of rotatable bonds is 6. The Kier molecular flexibility index (Phi) is 5.55. The fourth-order valence-corrected chi connectivity index (χ4v) is 6.67. The van der Waals surface area contributed by atoms with E-state index in [4.69, 9.17) is 0 Å². The smallest absolute Gasteiger partial charge is 0.307 e. The molecule has 1 fully saturated rings. The number of carboxylic acid groups (broad SMARTS) is 1. The van der Waals surface area contributed by atoms with E-state index < -0.39 is 17.8 Å². The van der Waals surface area contributed by atoms with E-state index in [0.29, 0.717) is 23.5 Å². The van der Waals surface area contributed by atoms with Crippen LogP contribution in [0, 0.1) is 23.7 Å². The largest absolute Gasteiger partial charge is 0.481 e. The maximum atomic E-state index is 13.2. The van der Waals surface area contributed by atoms with Crippen LogP contribution in [0.5, 0.6) is 0 Å². The summed E-state index contributed by atoms with van der Waals surface area (Å²) in [6.45, 7) is 0.350. The Hall–Kier alpha value is -3.00. The van der Waals surface area contributed by atoms with E-state index >= 15 is 0 Å². The molecule has 2 aromatic heterocycles. The summed E-state index contributed by atoms with van der Waals surface area (Å²) in [5.74, 6) is -2.90. The number of carbonyl (C=O) groups excluding carboxylic acids is 2. The molecule has 5 rings (SSSR count). The second-order valence-corrected chi connectivity index (χ2v) is 9.89. The number of allylic oxidation sites excluding steroid dienone is 2. The van der Waals surface area contributed by atoms with Crippen LogP contribution in [-0.4, -0.2) is 27.9 Å². The third-order valence-corrected chi connectivity index (χ3v) is 8.07. The fraction of sp³-hybridized carbons (Fsp3) is 0.417. The molecule has 2 heterocycles. The SMILES string of the molecule is O=C(NCc1cccnc1)c1c(NC(=O)[C@H]2[C@H](C(=O)O)[C@H]3C=C[C@H]2C3)sc2c1CCCC2. The van der Waals surface area contributed by atoms with Gasteiger partial charge in [-0.05, 0) is 61.1 Å². The van der Waals surface area contributed by atoms with Crippen LogP contribution in [0.1, 0.15) is 45.6 Å². The Morgan fingerprint density at radius 2 is 1.91 bits per heavy atom. The number of carboxylic acids is 1. The molecule has 0 spiro atoms. The number of anilines is 1. The predicted molar refractivity (Wildman–Crippen MR) is 120 cm³/mol. The molecule has 7 nitrogen and oxygen atoms in total. The van der Waals surface area contributed by atoms with Crippen LogP contribution in [0.25, 0.3) is 0 Å². The zero-order valence-corrected chi connectivity index (χ0v) is 18.4. The third-order valence-electron chi connectivity index (χ3n) is 6.86. The van der Waals surface area contributed by atoms with Crippen LogP contribution in [0.4, 0.5) is 5.00 Å². The van der Waals surface area contributed by atoms with Crippen molar-refractivity contribution in [2.75, 3.05) is 5.32 Å². The van der Waals surface area contributed by atoms with Gasteiger partial charge in [0.2, 0.25) is 5.91 Å². The van der Waals surface area contributed by atoms with E-state index in [9.17, 15) is 19.5 Å². The van der Waals surface area contributed by atoms with Gasteiger partial charge in [0.15, 0.2) is 0 Å². The van der Waals surface area contributed by atoms with Crippen molar-refractivity contribution in [1.29, 1.82) is 0 Å². The Bertz CT molecular complexity index is 1090. The number of fused-ring (bicyclic) bond motifs is 3. The summed E-state index contributed by atoms with van der Waals surface area (Å²) in [7, 11) is 0. The number of aryl methyl sites for hydroxylation is 1. The molecule has 1 saturated carbocycles. The van der Waals surface area contributed by atoms with Gasteiger partial charge in [0.1, 0.15) is 5.00 Å². The Labute approximate surface area is 189 Å². The van der Waals surface area contributed by atoms with Crippen molar-refractivity contribution in [2.24, 2.45) is 23.7 Å². The molecule has 4 atom stereocenters. The van der Waals surface area contributed by atoms with Gasteiger partial charge in [-0.15, -0.1) is 11.3 Å². The molecule has 2 amide bonds. The summed E-state index contributed by atoms with van der Waals surface area (Å²) < 4.78 is 0. The van der Waals surface area contributed by atoms with Crippen LogP contribution >= 0.6 is 11.3 Å². The normalized spacial score (nSPS) is 25.4. The number of aromatic nitrogens is 1. The molecule has 3 aliphatic rings. The Morgan fingerprint density at radius 1 is 1.12 bits per heavy atom. The van der Waals surface area contributed by atoms with Crippen molar-refractivity contribution in [2.45, 2.75) is 38.6 Å². The lowest BCUT2D eigenvalue weighted by Gasteiger charge is -2.23. The molecular weight excluding hydrogens is 426 g/mol. The molecule has 0 aliphatic heterocycles. The Balaban J connectivity index is 1.39. The number of amides is 2. The molecule has 2 aromatic rings. The number of nitrogens with one attached hydrogen (secondary N) is 2. The minimum absolute atomic E-state index is 0.0569. The maximum Gasteiger partial charge on any atom is 0.307 e.